The summed E-state index contributed by atoms with van der Waals surface area (Å²) >= 11 is 0. The zero-order valence-corrected chi connectivity index (χ0v) is 18.3. The maximum absolute atomic E-state index is 12.7. The molecule has 8 heteroatoms. The molecule has 2 aromatic rings. The first-order valence-corrected chi connectivity index (χ1v) is 10.9. The van der Waals surface area contributed by atoms with Gasteiger partial charge in [-0.2, -0.15) is 0 Å². The van der Waals surface area contributed by atoms with Crippen molar-refractivity contribution < 1.29 is 19.1 Å². The molecule has 0 aromatic heterocycles. The molecular formula is C24H28N4O4. The van der Waals surface area contributed by atoms with Crippen LogP contribution in [0.2, 0.25) is 0 Å². The Bertz CT molecular complexity index is 968. The second-order valence-electron chi connectivity index (χ2n) is 8.05. The van der Waals surface area contributed by atoms with Crippen molar-refractivity contribution in [3.8, 4) is 0 Å². The van der Waals surface area contributed by atoms with Crippen LogP contribution in [0, 0.1) is 0 Å². The molecule has 4 rings (SSSR count). The summed E-state index contributed by atoms with van der Waals surface area (Å²) < 4.78 is 5.37. The van der Waals surface area contributed by atoms with E-state index >= 15 is 0 Å². The van der Waals surface area contributed by atoms with Gasteiger partial charge in [0.2, 0.25) is 11.8 Å². The standard InChI is InChI=1S/C24H28N4O4/c1-26(24(31)18-4-8-21(9-5-18)28-12-2-3-23(28)30)17-22(29)25-19-6-10-20(11-7-19)27-13-15-32-16-14-27/h4-11H,2-3,12-17H2,1H3,(H,25,29). The average molecular weight is 437 g/mol. The van der Waals surface area contributed by atoms with E-state index in [-0.39, 0.29) is 24.3 Å². The summed E-state index contributed by atoms with van der Waals surface area (Å²) in [5.74, 6) is -0.405. The van der Waals surface area contributed by atoms with Crippen molar-refractivity contribution in [3.05, 3.63) is 54.1 Å². The molecule has 2 saturated heterocycles. The van der Waals surface area contributed by atoms with Crippen molar-refractivity contribution in [1.29, 1.82) is 0 Å². The third-order valence-electron chi connectivity index (χ3n) is 5.75. The number of anilines is 3. The second-order valence-corrected chi connectivity index (χ2v) is 8.05. The van der Waals surface area contributed by atoms with Gasteiger partial charge < -0.3 is 24.8 Å². The molecule has 0 atom stereocenters. The predicted molar refractivity (Wildman–Crippen MR) is 123 cm³/mol. The number of morpholine rings is 1. The number of ether oxygens (including phenoxy) is 1. The normalized spacial score (nSPS) is 16.2. The molecule has 8 nitrogen and oxygen atoms in total. The van der Waals surface area contributed by atoms with Crippen LogP contribution in [0.1, 0.15) is 23.2 Å². The Morgan fingerprint density at radius 3 is 2.25 bits per heavy atom. The van der Waals surface area contributed by atoms with E-state index in [2.05, 4.69) is 10.2 Å². The summed E-state index contributed by atoms with van der Waals surface area (Å²) in [6, 6.07) is 14.6. The topological polar surface area (TPSA) is 82.2 Å². The van der Waals surface area contributed by atoms with Crippen molar-refractivity contribution in [2.75, 3.05) is 61.6 Å². The molecule has 0 bridgehead atoms. The zero-order valence-electron chi connectivity index (χ0n) is 18.3. The third-order valence-corrected chi connectivity index (χ3v) is 5.75. The monoisotopic (exact) mass is 436 g/mol. The summed E-state index contributed by atoms with van der Waals surface area (Å²) in [5.41, 5.74) is 3.06. The molecule has 0 saturated carbocycles. The van der Waals surface area contributed by atoms with Gasteiger partial charge in [0.25, 0.3) is 5.91 Å². The molecule has 0 unspecified atom stereocenters. The molecule has 0 spiro atoms. The van der Waals surface area contributed by atoms with Crippen LogP contribution in [0.3, 0.4) is 0 Å². The van der Waals surface area contributed by atoms with Crippen molar-refractivity contribution in [3.63, 3.8) is 0 Å². The second kappa shape index (κ2) is 9.82. The van der Waals surface area contributed by atoms with Crippen LogP contribution in [0.5, 0.6) is 0 Å². The smallest absolute Gasteiger partial charge is 0.254 e. The molecule has 168 valence electrons. The summed E-state index contributed by atoms with van der Waals surface area (Å²) in [4.78, 5) is 42.4. The highest BCUT2D eigenvalue weighted by Crippen LogP contribution is 2.22. The number of benzene rings is 2. The fourth-order valence-corrected chi connectivity index (χ4v) is 3.99. The zero-order chi connectivity index (χ0) is 22.5. The van der Waals surface area contributed by atoms with Crippen molar-refractivity contribution in [1.82, 2.24) is 4.90 Å². The van der Waals surface area contributed by atoms with Crippen LogP contribution < -0.4 is 15.1 Å². The van der Waals surface area contributed by atoms with E-state index in [0.29, 0.717) is 24.2 Å². The summed E-state index contributed by atoms with van der Waals surface area (Å²) in [5, 5.41) is 2.84. The molecular weight excluding hydrogens is 408 g/mol. The first kappa shape index (κ1) is 21.8. The van der Waals surface area contributed by atoms with Crippen LogP contribution in [0.25, 0.3) is 0 Å². The van der Waals surface area contributed by atoms with Crippen LogP contribution in [0.15, 0.2) is 48.5 Å². The molecule has 2 aliphatic heterocycles. The lowest BCUT2D eigenvalue weighted by atomic mass is 10.1. The number of hydrogen-bond acceptors (Lipinski definition) is 5. The molecule has 0 radical (unpaired) electrons. The minimum absolute atomic E-state index is 0.0591. The van der Waals surface area contributed by atoms with Gasteiger partial charge in [0.15, 0.2) is 0 Å². The number of nitrogens with one attached hydrogen (secondary N) is 1. The van der Waals surface area contributed by atoms with Crippen LogP contribution >= 0.6 is 0 Å². The van der Waals surface area contributed by atoms with Gasteiger partial charge in [-0.25, -0.2) is 0 Å². The van der Waals surface area contributed by atoms with E-state index in [1.165, 1.54) is 4.90 Å². The Kier molecular flexibility index (Phi) is 6.70. The first-order valence-electron chi connectivity index (χ1n) is 10.9. The van der Waals surface area contributed by atoms with Crippen LogP contribution in [-0.4, -0.2) is 69.1 Å². The van der Waals surface area contributed by atoms with Gasteiger partial charge in [-0.1, -0.05) is 0 Å². The Morgan fingerprint density at radius 1 is 0.969 bits per heavy atom. The molecule has 2 heterocycles. The van der Waals surface area contributed by atoms with Gasteiger partial charge in [0, 0.05) is 55.7 Å². The van der Waals surface area contributed by atoms with Gasteiger partial charge in [-0.15, -0.1) is 0 Å². The van der Waals surface area contributed by atoms with E-state index < -0.39 is 0 Å². The SMILES string of the molecule is CN(CC(=O)Nc1ccc(N2CCOCC2)cc1)C(=O)c1ccc(N2CCCC2=O)cc1. The van der Waals surface area contributed by atoms with E-state index in [4.69, 9.17) is 4.74 Å². The van der Waals surface area contributed by atoms with Crippen molar-refractivity contribution in [2.24, 2.45) is 0 Å². The molecule has 1 N–H and O–H groups in total. The van der Waals surface area contributed by atoms with Crippen LogP contribution in [0.4, 0.5) is 17.1 Å². The highest BCUT2D eigenvalue weighted by molar-refractivity contribution is 6.00. The quantitative estimate of drug-likeness (QED) is 0.752. The number of likely N-dealkylation sites (N-methyl/N-ethyl adjacent to an activating group) is 1. The molecule has 2 fully saturated rings. The van der Waals surface area contributed by atoms with Gasteiger partial charge in [0.05, 0.1) is 19.8 Å². The summed E-state index contributed by atoms with van der Waals surface area (Å²) in [6.07, 6.45) is 1.42. The highest BCUT2D eigenvalue weighted by atomic mass is 16.5. The molecule has 32 heavy (non-hydrogen) atoms. The van der Waals surface area contributed by atoms with Gasteiger partial charge in [-0.05, 0) is 55.0 Å². The molecule has 3 amide bonds. The molecule has 0 aliphatic carbocycles. The number of amides is 3. The fraction of sp³-hybridized carbons (Fsp3) is 0.375. The molecule has 2 aromatic carbocycles. The van der Waals surface area contributed by atoms with Gasteiger partial charge in [-0.3, -0.25) is 14.4 Å². The number of hydrogen-bond donors (Lipinski definition) is 1. The maximum Gasteiger partial charge on any atom is 0.254 e. The number of carbonyl (C=O) groups excluding carboxylic acids is 3. The fourth-order valence-electron chi connectivity index (χ4n) is 3.99. The Morgan fingerprint density at radius 2 is 1.62 bits per heavy atom. The lowest BCUT2D eigenvalue weighted by Gasteiger charge is -2.28. The number of nitrogens with zero attached hydrogens (tertiary/aromatic N) is 3. The van der Waals surface area contributed by atoms with E-state index in [9.17, 15) is 14.4 Å². The van der Waals surface area contributed by atoms with Gasteiger partial charge >= 0.3 is 0 Å². The lowest BCUT2D eigenvalue weighted by Crippen LogP contribution is -2.36. The van der Waals surface area contributed by atoms with E-state index in [0.717, 1.165) is 44.1 Å². The van der Waals surface area contributed by atoms with Crippen molar-refractivity contribution >= 4 is 34.8 Å². The summed E-state index contributed by atoms with van der Waals surface area (Å²) in [7, 11) is 1.60. The van der Waals surface area contributed by atoms with E-state index in [1.54, 1.807) is 36.2 Å². The largest absolute Gasteiger partial charge is 0.378 e. The first-order chi connectivity index (χ1) is 15.5. The molecule has 2 aliphatic rings. The minimum Gasteiger partial charge on any atom is -0.378 e. The third kappa shape index (κ3) is 5.08. The minimum atomic E-state index is -0.265. The van der Waals surface area contributed by atoms with E-state index in [1.807, 2.05) is 24.3 Å². The average Bonchev–Trinajstić information content (AvgIpc) is 3.25. The number of rotatable bonds is 6. The lowest BCUT2D eigenvalue weighted by molar-refractivity contribution is -0.117. The highest BCUT2D eigenvalue weighted by Gasteiger charge is 2.22. The number of carbonyl (C=O) groups is 3. The van der Waals surface area contributed by atoms with Crippen LogP contribution in [-0.2, 0) is 14.3 Å². The van der Waals surface area contributed by atoms with Crippen molar-refractivity contribution in [2.45, 2.75) is 12.8 Å². The Hall–Kier alpha value is -3.39. The Labute approximate surface area is 187 Å². The summed E-state index contributed by atoms with van der Waals surface area (Å²) in [6.45, 7) is 3.80. The predicted octanol–water partition coefficient (Wildman–Crippen LogP) is 2.36. The maximum atomic E-state index is 12.7. The van der Waals surface area contributed by atoms with Gasteiger partial charge in [0.1, 0.15) is 0 Å². The Balaban J connectivity index is 1.30.